The monoisotopic (exact) mass is 325 g/mol. The van der Waals surface area contributed by atoms with Crippen LogP contribution in [0.5, 0.6) is 11.5 Å². The van der Waals surface area contributed by atoms with Gasteiger partial charge in [0.15, 0.2) is 0 Å². The summed E-state index contributed by atoms with van der Waals surface area (Å²) in [6.45, 7) is 0. The van der Waals surface area contributed by atoms with Crippen LogP contribution in [0.3, 0.4) is 0 Å². The highest BCUT2D eigenvalue weighted by molar-refractivity contribution is 9.10. The Morgan fingerprint density at radius 2 is 1.89 bits per heavy atom. The highest BCUT2D eigenvalue weighted by Crippen LogP contribution is 2.25. The van der Waals surface area contributed by atoms with Crippen molar-refractivity contribution in [2.45, 2.75) is 0 Å². The fraction of sp³-hybridized carbons (Fsp3) is 0. The molecular formula is C13H9BrFNO3. The molecule has 0 aliphatic rings. The molecule has 0 atom stereocenters. The molecular weight excluding hydrogens is 317 g/mol. The number of nitrogens with one attached hydrogen (secondary N) is 1. The summed E-state index contributed by atoms with van der Waals surface area (Å²) in [6.07, 6.45) is 0. The molecule has 2 rings (SSSR count). The highest BCUT2D eigenvalue weighted by atomic mass is 79.9. The fourth-order valence-corrected chi connectivity index (χ4v) is 1.85. The molecule has 0 bridgehead atoms. The van der Waals surface area contributed by atoms with Gasteiger partial charge in [-0.2, -0.15) is 0 Å². The maximum absolute atomic E-state index is 13.5. The number of aromatic hydroxyl groups is 2. The zero-order valence-corrected chi connectivity index (χ0v) is 11.1. The molecule has 0 spiro atoms. The van der Waals surface area contributed by atoms with Crippen molar-refractivity contribution >= 4 is 27.5 Å². The number of phenols is 2. The van der Waals surface area contributed by atoms with E-state index < -0.39 is 11.7 Å². The van der Waals surface area contributed by atoms with E-state index in [0.29, 0.717) is 4.47 Å². The Morgan fingerprint density at radius 1 is 1.16 bits per heavy atom. The summed E-state index contributed by atoms with van der Waals surface area (Å²) in [4.78, 5) is 11.9. The van der Waals surface area contributed by atoms with Crippen molar-refractivity contribution in [1.82, 2.24) is 0 Å². The summed E-state index contributed by atoms with van der Waals surface area (Å²) in [7, 11) is 0. The van der Waals surface area contributed by atoms with Gasteiger partial charge in [0, 0.05) is 4.47 Å². The van der Waals surface area contributed by atoms with Crippen LogP contribution in [0.15, 0.2) is 40.9 Å². The van der Waals surface area contributed by atoms with Gasteiger partial charge in [-0.3, -0.25) is 4.79 Å². The van der Waals surface area contributed by atoms with Gasteiger partial charge in [-0.05, 0) is 36.4 Å². The maximum Gasteiger partial charge on any atom is 0.259 e. The predicted octanol–water partition coefficient (Wildman–Crippen LogP) is 3.25. The second-order valence-corrected chi connectivity index (χ2v) is 4.70. The van der Waals surface area contributed by atoms with E-state index in [1.54, 1.807) is 0 Å². The zero-order chi connectivity index (χ0) is 14.0. The Labute approximate surface area is 116 Å². The van der Waals surface area contributed by atoms with E-state index in [1.807, 2.05) is 0 Å². The quantitative estimate of drug-likeness (QED) is 0.742. The molecule has 3 N–H and O–H groups in total. The number of carbonyl (C=O) groups excluding carboxylic acids is 1. The smallest absolute Gasteiger partial charge is 0.259 e. The number of hydrogen-bond donors (Lipinski definition) is 3. The Morgan fingerprint density at radius 3 is 2.63 bits per heavy atom. The number of phenolic OH excluding ortho intramolecular Hbond substituents is 2. The molecule has 1 amide bonds. The predicted molar refractivity (Wildman–Crippen MR) is 71.8 cm³/mol. The van der Waals surface area contributed by atoms with Crippen molar-refractivity contribution in [1.29, 1.82) is 0 Å². The highest BCUT2D eigenvalue weighted by Gasteiger charge is 2.14. The van der Waals surface area contributed by atoms with Gasteiger partial charge in [-0.15, -0.1) is 0 Å². The molecule has 98 valence electrons. The zero-order valence-electron chi connectivity index (χ0n) is 9.52. The summed E-state index contributed by atoms with van der Waals surface area (Å²) < 4.78 is 14.1. The first-order chi connectivity index (χ1) is 8.97. The van der Waals surface area contributed by atoms with E-state index in [1.165, 1.54) is 30.3 Å². The molecule has 0 radical (unpaired) electrons. The molecule has 0 saturated heterocycles. The van der Waals surface area contributed by atoms with E-state index in [9.17, 15) is 19.4 Å². The normalized spacial score (nSPS) is 10.2. The van der Waals surface area contributed by atoms with Gasteiger partial charge in [0.05, 0.1) is 11.3 Å². The average molecular weight is 326 g/mol. The van der Waals surface area contributed by atoms with Gasteiger partial charge < -0.3 is 15.5 Å². The first kappa shape index (κ1) is 13.4. The lowest BCUT2D eigenvalue weighted by Gasteiger charge is -2.08. The third-order valence-corrected chi connectivity index (χ3v) is 2.89. The van der Waals surface area contributed by atoms with E-state index >= 15 is 0 Å². The first-order valence-electron chi connectivity index (χ1n) is 5.26. The molecule has 6 heteroatoms. The van der Waals surface area contributed by atoms with E-state index in [-0.39, 0.29) is 22.7 Å². The van der Waals surface area contributed by atoms with Crippen LogP contribution in [-0.4, -0.2) is 16.1 Å². The molecule has 2 aromatic rings. The summed E-state index contributed by atoms with van der Waals surface area (Å²) in [5, 5.41) is 21.1. The maximum atomic E-state index is 13.5. The van der Waals surface area contributed by atoms with Crippen LogP contribution in [0.4, 0.5) is 10.1 Å². The van der Waals surface area contributed by atoms with Crippen LogP contribution in [0.25, 0.3) is 0 Å². The van der Waals surface area contributed by atoms with Gasteiger partial charge in [-0.1, -0.05) is 15.9 Å². The van der Waals surface area contributed by atoms with Crippen LogP contribution in [0, 0.1) is 5.82 Å². The van der Waals surface area contributed by atoms with Gasteiger partial charge >= 0.3 is 0 Å². The van der Waals surface area contributed by atoms with Crippen LogP contribution < -0.4 is 5.32 Å². The third-order valence-electron chi connectivity index (χ3n) is 2.40. The molecule has 4 nitrogen and oxygen atoms in total. The minimum absolute atomic E-state index is 0.0258. The van der Waals surface area contributed by atoms with Gasteiger partial charge in [0.1, 0.15) is 17.3 Å². The van der Waals surface area contributed by atoms with Crippen molar-refractivity contribution in [3.63, 3.8) is 0 Å². The number of carbonyl (C=O) groups is 1. The molecule has 0 unspecified atom stereocenters. The Balaban J connectivity index is 2.30. The largest absolute Gasteiger partial charge is 0.508 e. The van der Waals surface area contributed by atoms with Crippen LogP contribution in [0.2, 0.25) is 0 Å². The molecule has 0 aliphatic carbocycles. The lowest BCUT2D eigenvalue weighted by atomic mass is 10.1. The Kier molecular flexibility index (Phi) is 3.71. The van der Waals surface area contributed by atoms with Crippen molar-refractivity contribution in [2.24, 2.45) is 0 Å². The lowest BCUT2D eigenvalue weighted by molar-refractivity contribution is 0.102. The summed E-state index contributed by atoms with van der Waals surface area (Å²) >= 11 is 3.16. The summed E-state index contributed by atoms with van der Waals surface area (Å²) in [6, 6.07) is 7.61. The van der Waals surface area contributed by atoms with Gasteiger partial charge in [0.2, 0.25) is 0 Å². The summed E-state index contributed by atoms with van der Waals surface area (Å²) in [5.41, 5.74) is -0.165. The molecule has 0 aliphatic heterocycles. The van der Waals surface area contributed by atoms with Crippen molar-refractivity contribution < 1.29 is 19.4 Å². The van der Waals surface area contributed by atoms with E-state index in [2.05, 4.69) is 21.2 Å². The fourth-order valence-electron chi connectivity index (χ4n) is 1.49. The topological polar surface area (TPSA) is 69.6 Å². The third kappa shape index (κ3) is 3.03. The number of hydrogen-bond acceptors (Lipinski definition) is 3. The van der Waals surface area contributed by atoms with Gasteiger partial charge in [0.25, 0.3) is 5.91 Å². The van der Waals surface area contributed by atoms with Crippen LogP contribution in [0.1, 0.15) is 10.4 Å². The van der Waals surface area contributed by atoms with Crippen molar-refractivity contribution in [2.75, 3.05) is 5.32 Å². The van der Waals surface area contributed by atoms with Gasteiger partial charge in [-0.25, -0.2) is 4.39 Å². The molecule has 0 heterocycles. The minimum Gasteiger partial charge on any atom is -0.508 e. The SMILES string of the molecule is O=C(Nc1cc(Br)ccc1F)c1cc(O)ccc1O. The van der Waals surface area contributed by atoms with Crippen LogP contribution >= 0.6 is 15.9 Å². The lowest BCUT2D eigenvalue weighted by Crippen LogP contribution is -2.13. The summed E-state index contributed by atoms with van der Waals surface area (Å²) in [5.74, 6) is -1.79. The van der Waals surface area contributed by atoms with Crippen LogP contribution in [-0.2, 0) is 0 Å². The molecule has 2 aromatic carbocycles. The standard InChI is InChI=1S/C13H9BrFNO3/c14-7-1-3-10(15)11(5-7)16-13(19)9-6-8(17)2-4-12(9)18/h1-6,17-18H,(H,16,19). The number of anilines is 1. The molecule has 0 aromatic heterocycles. The number of halogens is 2. The minimum atomic E-state index is -0.717. The molecule has 0 saturated carbocycles. The molecule has 19 heavy (non-hydrogen) atoms. The number of rotatable bonds is 2. The van der Waals surface area contributed by atoms with Crippen molar-refractivity contribution in [3.05, 3.63) is 52.3 Å². The van der Waals surface area contributed by atoms with Crippen molar-refractivity contribution in [3.8, 4) is 11.5 Å². The molecule has 0 fully saturated rings. The number of benzene rings is 2. The average Bonchev–Trinajstić information content (AvgIpc) is 2.36. The second kappa shape index (κ2) is 5.27. The van der Waals surface area contributed by atoms with E-state index in [0.717, 1.165) is 6.07 Å². The van der Waals surface area contributed by atoms with E-state index in [4.69, 9.17) is 0 Å². The number of amides is 1. The second-order valence-electron chi connectivity index (χ2n) is 3.78. The Hall–Kier alpha value is -2.08. The Bertz CT molecular complexity index is 646. The first-order valence-corrected chi connectivity index (χ1v) is 6.05.